The molecule has 2 unspecified atom stereocenters. The van der Waals surface area contributed by atoms with Crippen molar-refractivity contribution in [2.45, 2.75) is 38.1 Å². The second-order valence-electron chi connectivity index (χ2n) is 4.59. The minimum Gasteiger partial charge on any atom is -0.382 e. The molecular formula is C14H20F3NO. The zero-order chi connectivity index (χ0) is 14.5. The number of benzene rings is 1. The molecule has 0 aliphatic carbocycles. The van der Waals surface area contributed by atoms with E-state index in [0.29, 0.717) is 5.56 Å². The number of methoxy groups -OCH3 is 1. The van der Waals surface area contributed by atoms with Crippen molar-refractivity contribution in [1.82, 2.24) is 5.32 Å². The maximum absolute atomic E-state index is 12.7. The molecule has 2 atom stereocenters. The first-order valence-electron chi connectivity index (χ1n) is 6.25. The summed E-state index contributed by atoms with van der Waals surface area (Å²) in [6, 6.07) is 5.36. The first kappa shape index (κ1) is 16.0. The first-order valence-corrected chi connectivity index (χ1v) is 6.25. The van der Waals surface area contributed by atoms with Crippen LogP contribution in [-0.2, 0) is 10.9 Å². The minimum atomic E-state index is -4.30. The Balaban J connectivity index is 2.81. The molecule has 0 spiro atoms. The number of hydrogen-bond acceptors (Lipinski definition) is 2. The van der Waals surface area contributed by atoms with E-state index < -0.39 is 11.7 Å². The molecule has 0 fully saturated rings. The molecule has 1 aromatic carbocycles. The third-order valence-corrected chi connectivity index (χ3v) is 3.23. The van der Waals surface area contributed by atoms with Crippen LogP contribution >= 0.6 is 0 Å². The summed E-state index contributed by atoms with van der Waals surface area (Å²) in [5, 5.41) is 3.05. The van der Waals surface area contributed by atoms with Crippen LogP contribution in [0.15, 0.2) is 24.3 Å². The van der Waals surface area contributed by atoms with Crippen molar-refractivity contribution < 1.29 is 17.9 Å². The molecule has 2 nitrogen and oxygen atoms in total. The average Bonchev–Trinajstić information content (AvgIpc) is 2.38. The van der Waals surface area contributed by atoms with Gasteiger partial charge in [-0.15, -0.1) is 0 Å². The van der Waals surface area contributed by atoms with Crippen molar-refractivity contribution in [1.29, 1.82) is 0 Å². The Morgan fingerprint density at radius 2 is 1.95 bits per heavy atom. The van der Waals surface area contributed by atoms with Crippen LogP contribution < -0.4 is 5.32 Å². The van der Waals surface area contributed by atoms with E-state index >= 15 is 0 Å². The molecule has 0 aliphatic heterocycles. The standard InChI is InChI=1S/C14H20F3NO/c1-10(19-3)7-8-13(18-2)11-5-4-6-12(9-11)14(15,16)17/h4-6,9-10,13,18H,7-8H2,1-3H3. The van der Waals surface area contributed by atoms with E-state index in [1.807, 2.05) is 6.92 Å². The molecule has 0 amide bonds. The number of ether oxygens (including phenoxy) is 1. The van der Waals surface area contributed by atoms with E-state index in [4.69, 9.17) is 4.74 Å². The summed E-state index contributed by atoms with van der Waals surface area (Å²) in [4.78, 5) is 0. The lowest BCUT2D eigenvalue weighted by Crippen LogP contribution is -2.19. The van der Waals surface area contributed by atoms with E-state index in [1.165, 1.54) is 12.1 Å². The van der Waals surface area contributed by atoms with Gasteiger partial charge in [0, 0.05) is 13.2 Å². The summed E-state index contributed by atoms with van der Waals surface area (Å²) in [5.74, 6) is 0. The van der Waals surface area contributed by atoms with Gasteiger partial charge in [-0.25, -0.2) is 0 Å². The van der Waals surface area contributed by atoms with Crippen LogP contribution in [0.5, 0.6) is 0 Å². The fourth-order valence-electron chi connectivity index (χ4n) is 1.93. The normalized spacial score (nSPS) is 15.3. The molecule has 0 saturated carbocycles. The minimum absolute atomic E-state index is 0.0973. The molecule has 0 saturated heterocycles. The van der Waals surface area contributed by atoms with Crippen molar-refractivity contribution in [2.75, 3.05) is 14.2 Å². The summed E-state index contributed by atoms with van der Waals surface area (Å²) in [6.45, 7) is 1.94. The Bertz CT molecular complexity index is 393. The molecule has 0 aliphatic rings. The zero-order valence-corrected chi connectivity index (χ0v) is 11.4. The highest BCUT2D eigenvalue weighted by atomic mass is 19.4. The Labute approximate surface area is 112 Å². The quantitative estimate of drug-likeness (QED) is 0.853. The van der Waals surface area contributed by atoms with Gasteiger partial charge in [0.2, 0.25) is 0 Å². The van der Waals surface area contributed by atoms with Gasteiger partial charge in [-0.2, -0.15) is 13.2 Å². The maximum Gasteiger partial charge on any atom is 0.416 e. The lowest BCUT2D eigenvalue weighted by molar-refractivity contribution is -0.137. The monoisotopic (exact) mass is 275 g/mol. The first-order chi connectivity index (χ1) is 8.88. The fourth-order valence-corrected chi connectivity index (χ4v) is 1.93. The van der Waals surface area contributed by atoms with Crippen LogP contribution in [0, 0.1) is 0 Å². The van der Waals surface area contributed by atoms with Crippen molar-refractivity contribution in [2.24, 2.45) is 0 Å². The van der Waals surface area contributed by atoms with Gasteiger partial charge in [0.1, 0.15) is 0 Å². The van der Waals surface area contributed by atoms with Gasteiger partial charge in [-0.05, 0) is 44.5 Å². The van der Waals surface area contributed by atoms with Crippen molar-refractivity contribution in [3.8, 4) is 0 Å². The van der Waals surface area contributed by atoms with Gasteiger partial charge in [-0.3, -0.25) is 0 Å². The van der Waals surface area contributed by atoms with Gasteiger partial charge in [0.15, 0.2) is 0 Å². The van der Waals surface area contributed by atoms with E-state index in [2.05, 4.69) is 5.32 Å². The van der Waals surface area contributed by atoms with Crippen LogP contribution in [0.4, 0.5) is 13.2 Å². The van der Waals surface area contributed by atoms with Crippen LogP contribution in [-0.4, -0.2) is 20.3 Å². The second kappa shape index (κ2) is 6.91. The molecule has 0 radical (unpaired) electrons. The van der Waals surface area contributed by atoms with Crippen molar-refractivity contribution >= 4 is 0 Å². The average molecular weight is 275 g/mol. The third-order valence-electron chi connectivity index (χ3n) is 3.23. The third kappa shape index (κ3) is 4.84. The summed E-state index contributed by atoms with van der Waals surface area (Å²) in [5.41, 5.74) is 0.0469. The number of nitrogens with one attached hydrogen (secondary N) is 1. The number of alkyl halides is 3. The SMILES string of the molecule is CNC(CCC(C)OC)c1cccc(C(F)(F)F)c1. The Morgan fingerprint density at radius 3 is 2.47 bits per heavy atom. The van der Waals surface area contributed by atoms with Gasteiger partial charge in [-0.1, -0.05) is 12.1 Å². The molecule has 5 heteroatoms. The highest BCUT2D eigenvalue weighted by Crippen LogP contribution is 2.31. The highest BCUT2D eigenvalue weighted by Gasteiger charge is 2.30. The number of halogens is 3. The maximum atomic E-state index is 12.7. The van der Waals surface area contributed by atoms with E-state index in [0.717, 1.165) is 18.9 Å². The second-order valence-corrected chi connectivity index (χ2v) is 4.59. The Hall–Kier alpha value is -1.07. The van der Waals surface area contributed by atoms with Crippen LogP contribution in [0.1, 0.15) is 36.9 Å². The van der Waals surface area contributed by atoms with Gasteiger partial charge in [0.25, 0.3) is 0 Å². The highest BCUT2D eigenvalue weighted by molar-refractivity contribution is 5.28. The van der Waals surface area contributed by atoms with Crippen LogP contribution in [0.2, 0.25) is 0 Å². The summed E-state index contributed by atoms with van der Waals surface area (Å²) < 4.78 is 43.1. The largest absolute Gasteiger partial charge is 0.416 e. The van der Waals surface area contributed by atoms with Gasteiger partial charge >= 0.3 is 6.18 Å². The van der Waals surface area contributed by atoms with E-state index in [1.54, 1.807) is 20.2 Å². The van der Waals surface area contributed by atoms with E-state index in [9.17, 15) is 13.2 Å². The number of rotatable bonds is 6. The van der Waals surface area contributed by atoms with Crippen molar-refractivity contribution in [3.63, 3.8) is 0 Å². The zero-order valence-electron chi connectivity index (χ0n) is 11.4. The number of hydrogen-bond donors (Lipinski definition) is 1. The van der Waals surface area contributed by atoms with Crippen LogP contribution in [0.3, 0.4) is 0 Å². The van der Waals surface area contributed by atoms with Crippen molar-refractivity contribution in [3.05, 3.63) is 35.4 Å². The Morgan fingerprint density at radius 1 is 1.26 bits per heavy atom. The fraction of sp³-hybridized carbons (Fsp3) is 0.571. The summed E-state index contributed by atoms with van der Waals surface area (Å²) in [6.07, 6.45) is -2.68. The molecule has 1 N–H and O–H groups in total. The topological polar surface area (TPSA) is 21.3 Å². The summed E-state index contributed by atoms with van der Waals surface area (Å²) >= 11 is 0. The van der Waals surface area contributed by atoms with Gasteiger partial charge < -0.3 is 10.1 Å². The molecule has 1 aromatic rings. The molecule has 108 valence electrons. The molecule has 1 rings (SSSR count). The lowest BCUT2D eigenvalue weighted by atomic mass is 9.98. The molecule has 0 bridgehead atoms. The molecule has 0 heterocycles. The van der Waals surface area contributed by atoms with Crippen LogP contribution in [0.25, 0.3) is 0 Å². The van der Waals surface area contributed by atoms with Gasteiger partial charge in [0.05, 0.1) is 11.7 Å². The lowest BCUT2D eigenvalue weighted by Gasteiger charge is -2.19. The van der Waals surface area contributed by atoms with E-state index in [-0.39, 0.29) is 12.1 Å². The smallest absolute Gasteiger partial charge is 0.382 e. The molecular weight excluding hydrogens is 255 g/mol. The Kier molecular flexibility index (Phi) is 5.82. The predicted molar refractivity (Wildman–Crippen MR) is 68.9 cm³/mol. The molecule has 19 heavy (non-hydrogen) atoms. The molecule has 0 aromatic heterocycles. The summed E-state index contributed by atoms with van der Waals surface area (Å²) in [7, 11) is 3.38. The predicted octanol–water partition coefficient (Wildman–Crippen LogP) is 3.78.